The van der Waals surface area contributed by atoms with E-state index >= 15 is 0 Å². The molecule has 1 aromatic heterocycles. The van der Waals surface area contributed by atoms with Crippen LogP contribution in [0.25, 0.3) is 0 Å². The summed E-state index contributed by atoms with van der Waals surface area (Å²) in [6.45, 7) is 1.46. The molecule has 8 nitrogen and oxygen atoms in total. The second-order valence-corrected chi connectivity index (χ2v) is 11.1. The maximum atomic E-state index is 13.8. The van der Waals surface area contributed by atoms with Crippen molar-refractivity contribution in [2.24, 2.45) is 33.0 Å². The number of alkyl halides is 9. The molecule has 0 amide bonds. The molecule has 1 saturated carbocycles. The van der Waals surface area contributed by atoms with E-state index in [4.69, 9.17) is 5.84 Å². The Morgan fingerprint density at radius 1 is 0.870 bits per heavy atom. The summed E-state index contributed by atoms with van der Waals surface area (Å²) in [4.78, 5) is 6.96. The Morgan fingerprint density at radius 2 is 1.43 bits per heavy atom. The van der Waals surface area contributed by atoms with E-state index in [1.54, 1.807) is 11.8 Å². The highest BCUT2D eigenvalue weighted by molar-refractivity contribution is 5.80. The lowest BCUT2D eigenvalue weighted by atomic mass is 9.80. The van der Waals surface area contributed by atoms with E-state index < -0.39 is 59.8 Å². The van der Waals surface area contributed by atoms with Crippen molar-refractivity contribution in [2.45, 2.75) is 70.6 Å². The van der Waals surface area contributed by atoms with Gasteiger partial charge in [0.25, 0.3) is 5.96 Å². The fourth-order valence-electron chi connectivity index (χ4n) is 5.62. The standard InChI is InChI=1S/C29H36F9N7O/c1-3-44(15-19-6-4-18(5-7-19)8-9-46)25-21(12-24(14-41-25)29(36,37)38)17-45(26(42-39)43-40-2)16-20-10-22(27(30,31)32)13-23(11-20)28(33,34)35/h10-14,18-19,46H,3-9,15-17,39H2,1-2H3. The molecule has 3 rings (SSSR count). The molecule has 3 N–H and O–H groups in total. The van der Waals surface area contributed by atoms with Crippen molar-refractivity contribution < 1.29 is 44.6 Å². The van der Waals surface area contributed by atoms with Gasteiger partial charge in [0.15, 0.2) is 0 Å². The molecular formula is C29H36F9N7O. The van der Waals surface area contributed by atoms with Crippen molar-refractivity contribution in [1.29, 1.82) is 0 Å². The number of hydrogen-bond donors (Lipinski definition) is 2. The normalized spacial score (nSPS) is 18.3. The Balaban J connectivity index is 2.07. The van der Waals surface area contributed by atoms with Crippen LogP contribution in [0.1, 0.15) is 66.8 Å². The summed E-state index contributed by atoms with van der Waals surface area (Å²) in [6.07, 6.45) is -10.2. The van der Waals surface area contributed by atoms with E-state index in [0.717, 1.165) is 36.6 Å². The highest BCUT2D eigenvalue weighted by Gasteiger charge is 2.37. The molecule has 1 heterocycles. The van der Waals surface area contributed by atoms with Crippen molar-refractivity contribution in [3.8, 4) is 0 Å². The molecule has 1 aliphatic carbocycles. The largest absolute Gasteiger partial charge is 0.417 e. The van der Waals surface area contributed by atoms with Gasteiger partial charge in [0.1, 0.15) is 5.82 Å². The van der Waals surface area contributed by atoms with Crippen LogP contribution in [0.3, 0.4) is 0 Å². The lowest BCUT2D eigenvalue weighted by Gasteiger charge is -2.34. The van der Waals surface area contributed by atoms with Crippen LogP contribution < -0.4 is 10.7 Å². The Hall–Kier alpha value is -3.63. The molecule has 0 aliphatic heterocycles. The van der Waals surface area contributed by atoms with Crippen LogP contribution in [0, 0.1) is 11.8 Å². The number of halogens is 9. The van der Waals surface area contributed by atoms with Gasteiger partial charge in [0, 0.05) is 51.6 Å². The molecule has 256 valence electrons. The summed E-state index contributed by atoms with van der Waals surface area (Å²) in [6, 6.07) is 1.83. The number of hydrogen-bond acceptors (Lipinski definition) is 6. The van der Waals surface area contributed by atoms with Crippen LogP contribution in [0.5, 0.6) is 0 Å². The van der Waals surface area contributed by atoms with Gasteiger partial charge in [-0.1, -0.05) is 12.8 Å². The first-order valence-electron chi connectivity index (χ1n) is 14.5. The van der Waals surface area contributed by atoms with E-state index in [0.29, 0.717) is 43.8 Å². The number of rotatable bonds is 10. The molecule has 0 spiro atoms. The van der Waals surface area contributed by atoms with Crippen molar-refractivity contribution in [1.82, 2.24) is 9.88 Å². The molecular weight excluding hydrogens is 633 g/mol. The molecule has 0 saturated heterocycles. The summed E-state index contributed by atoms with van der Waals surface area (Å²) >= 11 is 0. The van der Waals surface area contributed by atoms with Gasteiger partial charge < -0.3 is 20.7 Å². The molecule has 0 unspecified atom stereocenters. The van der Waals surface area contributed by atoms with Gasteiger partial charge in [-0.25, -0.2) is 4.98 Å². The van der Waals surface area contributed by atoms with Gasteiger partial charge in [-0.15, -0.1) is 10.2 Å². The fraction of sp³-hybridized carbons (Fsp3) is 0.586. The van der Waals surface area contributed by atoms with Gasteiger partial charge in [-0.2, -0.15) is 44.6 Å². The quantitative estimate of drug-likeness (QED) is 0.0683. The minimum atomic E-state index is -5.12. The van der Waals surface area contributed by atoms with Gasteiger partial charge in [0.2, 0.25) is 0 Å². The summed E-state index contributed by atoms with van der Waals surface area (Å²) in [5, 5.41) is 20.0. The van der Waals surface area contributed by atoms with Crippen LogP contribution in [-0.4, -0.2) is 47.7 Å². The molecule has 1 aromatic carbocycles. The third-order valence-electron chi connectivity index (χ3n) is 7.90. The van der Waals surface area contributed by atoms with Crippen LogP contribution in [0.4, 0.5) is 45.3 Å². The summed E-state index contributed by atoms with van der Waals surface area (Å²) in [5.41, 5.74) is -4.72. The minimum Gasteiger partial charge on any atom is -0.396 e. The lowest BCUT2D eigenvalue weighted by Crippen LogP contribution is -2.35. The number of aliphatic hydroxyl groups is 1. The van der Waals surface area contributed by atoms with Crippen molar-refractivity contribution in [2.75, 3.05) is 31.6 Å². The zero-order valence-electron chi connectivity index (χ0n) is 25.2. The highest BCUT2D eigenvalue weighted by Crippen LogP contribution is 2.38. The zero-order chi connectivity index (χ0) is 34.3. The summed E-state index contributed by atoms with van der Waals surface area (Å²) in [7, 11) is 1.21. The first-order chi connectivity index (χ1) is 21.5. The van der Waals surface area contributed by atoms with Gasteiger partial charge >= 0.3 is 18.5 Å². The van der Waals surface area contributed by atoms with Crippen LogP contribution in [0.2, 0.25) is 0 Å². The number of nitrogens with two attached hydrogens (primary N) is 1. The van der Waals surface area contributed by atoms with E-state index in [1.807, 2.05) is 0 Å². The van der Waals surface area contributed by atoms with Crippen molar-refractivity contribution >= 4 is 11.8 Å². The zero-order valence-corrected chi connectivity index (χ0v) is 25.2. The number of aromatic nitrogens is 1. The minimum absolute atomic E-state index is 0.0250. The number of pyridine rings is 1. The lowest BCUT2D eigenvalue weighted by molar-refractivity contribution is -0.143. The molecule has 0 radical (unpaired) electrons. The maximum absolute atomic E-state index is 13.8. The molecule has 0 atom stereocenters. The van der Waals surface area contributed by atoms with Crippen LogP contribution >= 0.6 is 0 Å². The topological polar surface area (TPSA) is 103 Å². The van der Waals surface area contributed by atoms with E-state index in [-0.39, 0.29) is 30.0 Å². The molecule has 1 fully saturated rings. The number of benzene rings is 1. The maximum Gasteiger partial charge on any atom is 0.417 e. The van der Waals surface area contributed by atoms with Crippen LogP contribution in [0.15, 0.2) is 45.8 Å². The second-order valence-electron chi connectivity index (χ2n) is 11.1. The number of anilines is 1. The number of hydrazone groups is 1. The monoisotopic (exact) mass is 669 g/mol. The second kappa shape index (κ2) is 15.3. The fourth-order valence-corrected chi connectivity index (χ4v) is 5.62. The van der Waals surface area contributed by atoms with Gasteiger partial charge in [0.05, 0.1) is 16.7 Å². The summed E-state index contributed by atoms with van der Waals surface area (Å²) in [5.74, 6) is 5.74. The molecule has 0 bridgehead atoms. The van der Waals surface area contributed by atoms with Crippen molar-refractivity contribution in [3.05, 3.63) is 58.3 Å². The Kier molecular flexibility index (Phi) is 12.3. The molecule has 2 aromatic rings. The Bertz CT molecular complexity index is 1320. The first kappa shape index (κ1) is 36.8. The number of guanidine groups is 1. The average molecular weight is 670 g/mol. The number of nitrogens with zero attached hydrogens (tertiary/aromatic N) is 6. The Labute approximate surface area is 260 Å². The van der Waals surface area contributed by atoms with E-state index in [1.165, 1.54) is 7.05 Å². The predicted octanol–water partition coefficient (Wildman–Crippen LogP) is 7.47. The van der Waals surface area contributed by atoms with Gasteiger partial charge in [-0.05, 0) is 67.9 Å². The summed E-state index contributed by atoms with van der Waals surface area (Å²) < 4.78 is 123. The third-order valence-corrected chi connectivity index (χ3v) is 7.90. The molecule has 46 heavy (non-hydrogen) atoms. The smallest absolute Gasteiger partial charge is 0.396 e. The van der Waals surface area contributed by atoms with E-state index in [9.17, 15) is 44.6 Å². The van der Waals surface area contributed by atoms with Gasteiger partial charge in [-0.3, -0.25) is 0 Å². The Morgan fingerprint density at radius 3 is 1.91 bits per heavy atom. The van der Waals surface area contributed by atoms with Crippen LogP contribution in [-0.2, 0) is 31.6 Å². The molecule has 1 aliphatic rings. The SMILES string of the molecule is CCN(CC1CCC(CCO)CC1)c1ncc(C(F)(F)F)cc1CN(Cc1cc(C(F)(F)F)cc(C(F)(F)F)c1)C(N=NC)=NN. The highest BCUT2D eigenvalue weighted by atomic mass is 19.4. The first-order valence-corrected chi connectivity index (χ1v) is 14.5. The molecule has 17 heteroatoms. The van der Waals surface area contributed by atoms with E-state index in [2.05, 4.69) is 20.3 Å². The van der Waals surface area contributed by atoms with Crippen molar-refractivity contribution in [3.63, 3.8) is 0 Å². The number of aliphatic hydroxyl groups excluding tert-OH is 1. The predicted molar refractivity (Wildman–Crippen MR) is 152 cm³/mol. The third kappa shape index (κ3) is 9.93. The number of azo groups is 1. The average Bonchev–Trinajstić information content (AvgIpc) is 2.98.